The van der Waals surface area contributed by atoms with E-state index in [-0.39, 0.29) is 6.03 Å². The average molecular weight is 596 g/mol. The minimum absolute atomic E-state index is 0.0227. The van der Waals surface area contributed by atoms with Crippen molar-refractivity contribution >= 4 is 29.3 Å². The highest BCUT2D eigenvalue weighted by Crippen LogP contribution is 2.26. The van der Waals surface area contributed by atoms with Gasteiger partial charge in [0.15, 0.2) is 0 Å². The normalized spacial score (nSPS) is 16.9. The Morgan fingerprint density at radius 2 is 1.54 bits per heavy atom. The predicted octanol–water partition coefficient (Wildman–Crippen LogP) is 7.73. The highest BCUT2D eigenvalue weighted by Gasteiger charge is 2.38. The van der Waals surface area contributed by atoms with E-state index in [1.54, 1.807) is 0 Å². The second-order valence-electron chi connectivity index (χ2n) is 11.0. The molecule has 226 valence electrons. The van der Waals surface area contributed by atoms with Gasteiger partial charge in [-0.1, -0.05) is 61.2 Å². The molecular formula is C31H41ClF3N3O3. The molecule has 1 aliphatic carbocycles. The first-order valence-electron chi connectivity index (χ1n) is 14.5. The predicted molar refractivity (Wildman–Crippen MR) is 156 cm³/mol. The lowest BCUT2D eigenvalue weighted by atomic mass is 9.89. The monoisotopic (exact) mass is 595 g/mol. The molecule has 2 aliphatic rings. The smallest absolute Gasteiger partial charge is 0.475 e. The van der Waals surface area contributed by atoms with Gasteiger partial charge in [0.05, 0.1) is 0 Å². The van der Waals surface area contributed by atoms with Gasteiger partial charge in [0.25, 0.3) is 0 Å². The van der Waals surface area contributed by atoms with E-state index in [2.05, 4.69) is 45.4 Å². The van der Waals surface area contributed by atoms with Crippen molar-refractivity contribution in [1.29, 1.82) is 0 Å². The summed E-state index contributed by atoms with van der Waals surface area (Å²) in [6, 6.07) is 18.3. The first kappa shape index (κ1) is 32.7. The van der Waals surface area contributed by atoms with Crippen LogP contribution in [0, 0.1) is 11.8 Å². The molecular weight excluding hydrogens is 555 g/mol. The second kappa shape index (κ2) is 16.6. The molecule has 0 radical (unpaired) electrons. The number of benzene rings is 2. The molecule has 41 heavy (non-hydrogen) atoms. The summed E-state index contributed by atoms with van der Waals surface area (Å²) in [5, 5.41) is 10.9. The second-order valence-corrected chi connectivity index (χ2v) is 11.5. The summed E-state index contributed by atoms with van der Waals surface area (Å²) in [6.45, 7) is 5.13. The molecule has 1 saturated heterocycles. The maximum absolute atomic E-state index is 13.1. The summed E-state index contributed by atoms with van der Waals surface area (Å²) >= 11 is 6.00. The van der Waals surface area contributed by atoms with E-state index in [4.69, 9.17) is 21.5 Å². The number of urea groups is 1. The molecule has 2 aromatic carbocycles. The fourth-order valence-electron chi connectivity index (χ4n) is 5.54. The molecule has 1 heterocycles. The Bertz CT molecular complexity index is 1060. The van der Waals surface area contributed by atoms with Gasteiger partial charge in [-0.2, -0.15) is 13.2 Å². The van der Waals surface area contributed by atoms with Crippen molar-refractivity contribution in [2.45, 2.75) is 64.0 Å². The van der Waals surface area contributed by atoms with Crippen LogP contribution in [0.15, 0.2) is 54.6 Å². The number of halogens is 4. The van der Waals surface area contributed by atoms with Crippen LogP contribution in [-0.2, 0) is 11.2 Å². The topological polar surface area (TPSA) is 72.9 Å². The molecule has 0 aromatic heterocycles. The van der Waals surface area contributed by atoms with E-state index in [1.165, 1.54) is 70.0 Å². The zero-order valence-electron chi connectivity index (χ0n) is 23.4. The molecule has 1 saturated carbocycles. The summed E-state index contributed by atoms with van der Waals surface area (Å²) in [5.74, 6) is -1.32. The Morgan fingerprint density at radius 3 is 2.12 bits per heavy atom. The van der Waals surface area contributed by atoms with Crippen LogP contribution >= 0.6 is 11.6 Å². The minimum atomic E-state index is -5.08. The Balaban J connectivity index is 0.000000587. The number of hydrogen-bond donors (Lipinski definition) is 2. The molecule has 10 heteroatoms. The molecule has 6 nitrogen and oxygen atoms in total. The van der Waals surface area contributed by atoms with Gasteiger partial charge in [-0.05, 0) is 99.8 Å². The van der Waals surface area contributed by atoms with Crippen molar-refractivity contribution < 1.29 is 27.9 Å². The molecule has 2 aromatic rings. The van der Waals surface area contributed by atoms with Gasteiger partial charge in [0, 0.05) is 23.8 Å². The molecule has 0 bridgehead atoms. The molecule has 1 aliphatic heterocycles. The maximum atomic E-state index is 13.1. The van der Waals surface area contributed by atoms with Gasteiger partial charge >= 0.3 is 18.2 Å². The molecule has 0 unspecified atom stereocenters. The Morgan fingerprint density at radius 1 is 0.927 bits per heavy atom. The van der Waals surface area contributed by atoms with Crippen LogP contribution in [0.1, 0.15) is 56.9 Å². The summed E-state index contributed by atoms with van der Waals surface area (Å²) < 4.78 is 31.7. The van der Waals surface area contributed by atoms with Crippen LogP contribution in [-0.4, -0.2) is 65.8 Å². The molecule has 4 rings (SSSR count). The zero-order chi connectivity index (χ0) is 29.7. The summed E-state index contributed by atoms with van der Waals surface area (Å²) in [5.41, 5.74) is 2.27. The standard InChI is InChI=1S/C29H40ClN3O.C2HF3O2/c30-27-12-14-28(15-13-27)31-29(34)33(23-26-10-5-2-6-11-26)19-7-18-32-20-16-25(17-21-32)22-24-8-3-1-4-9-24;3-2(4,5)1(6)7/h1,3-4,8-9,12-15,25-26H,2,5-7,10-11,16-23H2,(H,31,34);(H,6,7). The van der Waals surface area contributed by atoms with Crippen molar-refractivity contribution in [3.63, 3.8) is 0 Å². The number of aliphatic carboxylic acids is 1. The SMILES string of the molecule is O=C(Nc1ccc(Cl)cc1)N(CCCN1CCC(Cc2ccccc2)CC1)CC1CCCCC1.O=C(O)C(F)(F)F. The Hall–Kier alpha value is -2.78. The van der Waals surface area contributed by atoms with Crippen LogP contribution in [0.3, 0.4) is 0 Å². The lowest BCUT2D eigenvalue weighted by Gasteiger charge is -2.33. The van der Waals surface area contributed by atoms with E-state index in [0.717, 1.165) is 37.7 Å². The number of carbonyl (C=O) groups is 2. The number of carboxylic acid groups (broad SMARTS) is 1. The van der Waals surface area contributed by atoms with Crippen LogP contribution in [0.4, 0.5) is 23.7 Å². The minimum Gasteiger partial charge on any atom is -0.475 e. The summed E-state index contributed by atoms with van der Waals surface area (Å²) in [6.07, 6.45) is 6.14. The van der Waals surface area contributed by atoms with E-state index in [9.17, 15) is 18.0 Å². The number of rotatable bonds is 9. The van der Waals surface area contributed by atoms with Crippen molar-refractivity contribution in [2.75, 3.05) is 38.0 Å². The number of carboxylic acids is 1. The van der Waals surface area contributed by atoms with Crippen LogP contribution in [0.5, 0.6) is 0 Å². The first-order chi connectivity index (χ1) is 19.6. The van der Waals surface area contributed by atoms with Gasteiger partial charge in [-0.15, -0.1) is 0 Å². The number of nitrogens with one attached hydrogen (secondary N) is 1. The average Bonchev–Trinajstić information content (AvgIpc) is 2.95. The van der Waals surface area contributed by atoms with Crippen molar-refractivity contribution in [3.8, 4) is 0 Å². The fraction of sp³-hybridized carbons (Fsp3) is 0.548. The van der Waals surface area contributed by atoms with Crippen molar-refractivity contribution in [3.05, 3.63) is 65.2 Å². The number of anilines is 1. The lowest BCUT2D eigenvalue weighted by Crippen LogP contribution is -2.41. The summed E-state index contributed by atoms with van der Waals surface area (Å²) in [4.78, 5) is 26.7. The number of amides is 2. The largest absolute Gasteiger partial charge is 0.490 e. The van der Waals surface area contributed by atoms with Crippen LogP contribution in [0.2, 0.25) is 5.02 Å². The quantitative estimate of drug-likeness (QED) is 0.311. The number of carbonyl (C=O) groups excluding carboxylic acids is 1. The summed E-state index contributed by atoms with van der Waals surface area (Å²) in [7, 11) is 0. The zero-order valence-corrected chi connectivity index (χ0v) is 24.2. The van der Waals surface area contributed by atoms with Gasteiger partial charge in [-0.3, -0.25) is 0 Å². The number of likely N-dealkylation sites (tertiary alicyclic amines) is 1. The maximum Gasteiger partial charge on any atom is 0.490 e. The third-order valence-electron chi connectivity index (χ3n) is 7.81. The highest BCUT2D eigenvalue weighted by atomic mass is 35.5. The highest BCUT2D eigenvalue weighted by molar-refractivity contribution is 6.30. The molecule has 0 atom stereocenters. The van der Waals surface area contributed by atoms with Gasteiger partial charge in [0.1, 0.15) is 0 Å². The van der Waals surface area contributed by atoms with Gasteiger partial charge in [0.2, 0.25) is 0 Å². The van der Waals surface area contributed by atoms with E-state index < -0.39 is 12.1 Å². The Labute approximate surface area is 245 Å². The number of hydrogen-bond acceptors (Lipinski definition) is 3. The molecule has 2 fully saturated rings. The number of piperidine rings is 1. The molecule has 0 spiro atoms. The van der Waals surface area contributed by atoms with Crippen LogP contribution in [0.25, 0.3) is 0 Å². The Kier molecular flexibility index (Phi) is 13.3. The van der Waals surface area contributed by atoms with Crippen molar-refractivity contribution in [2.24, 2.45) is 11.8 Å². The van der Waals surface area contributed by atoms with E-state index in [0.29, 0.717) is 10.9 Å². The fourth-order valence-corrected chi connectivity index (χ4v) is 5.67. The molecule has 2 N–H and O–H groups in total. The van der Waals surface area contributed by atoms with Gasteiger partial charge < -0.3 is 20.2 Å². The van der Waals surface area contributed by atoms with E-state index >= 15 is 0 Å². The van der Waals surface area contributed by atoms with E-state index in [1.807, 2.05) is 24.3 Å². The van der Waals surface area contributed by atoms with Crippen LogP contribution < -0.4 is 5.32 Å². The third-order valence-corrected chi connectivity index (χ3v) is 8.06. The third kappa shape index (κ3) is 12.3. The number of nitrogens with zero attached hydrogens (tertiary/aromatic N) is 2. The number of alkyl halides is 3. The van der Waals surface area contributed by atoms with Gasteiger partial charge in [-0.25, -0.2) is 9.59 Å². The lowest BCUT2D eigenvalue weighted by molar-refractivity contribution is -0.192. The van der Waals surface area contributed by atoms with Crippen molar-refractivity contribution in [1.82, 2.24) is 9.80 Å². The first-order valence-corrected chi connectivity index (χ1v) is 14.9. The molecule has 2 amide bonds.